The zero-order chi connectivity index (χ0) is 11.7. The first-order chi connectivity index (χ1) is 7.56. The Labute approximate surface area is 98.4 Å². The molecule has 88 valence electrons. The number of aryl methyl sites for hydroxylation is 2. The smallest absolute Gasteiger partial charge is 0.105 e. The van der Waals surface area contributed by atoms with Gasteiger partial charge in [0.2, 0.25) is 0 Å². The van der Waals surface area contributed by atoms with Crippen molar-refractivity contribution in [2.45, 2.75) is 46.5 Å². The van der Waals surface area contributed by atoms with Gasteiger partial charge in [0.25, 0.3) is 0 Å². The Hall–Kier alpha value is -1.05. The molecular formula is C14H22N2. The van der Waals surface area contributed by atoms with E-state index in [4.69, 9.17) is 0 Å². The van der Waals surface area contributed by atoms with Crippen LogP contribution in [0.3, 0.4) is 0 Å². The Morgan fingerprint density at radius 3 is 2.62 bits per heavy atom. The molecule has 16 heavy (non-hydrogen) atoms. The van der Waals surface area contributed by atoms with E-state index in [0.717, 1.165) is 18.2 Å². The lowest BCUT2D eigenvalue weighted by molar-refractivity contribution is 0.448. The Morgan fingerprint density at radius 2 is 2.06 bits per heavy atom. The third-order valence-electron chi connectivity index (χ3n) is 3.91. The van der Waals surface area contributed by atoms with Crippen LogP contribution in [-0.4, -0.2) is 9.55 Å². The predicted molar refractivity (Wildman–Crippen MR) is 67.4 cm³/mol. The highest BCUT2D eigenvalue weighted by Gasteiger charge is 2.18. The first-order valence-corrected chi connectivity index (χ1v) is 6.20. The summed E-state index contributed by atoms with van der Waals surface area (Å²) in [6, 6.07) is 0. The van der Waals surface area contributed by atoms with E-state index in [0.29, 0.717) is 0 Å². The highest BCUT2D eigenvalue weighted by atomic mass is 15.0. The van der Waals surface area contributed by atoms with Crippen LogP contribution in [0.2, 0.25) is 0 Å². The van der Waals surface area contributed by atoms with Gasteiger partial charge in [-0.05, 0) is 52.4 Å². The van der Waals surface area contributed by atoms with Gasteiger partial charge in [0.15, 0.2) is 0 Å². The van der Waals surface area contributed by atoms with Gasteiger partial charge >= 0.3 is 0 Å². The lowest BCUT2D eigenvalue weighted by atomic mass is 9.83. The van der Waals surface area contributed by atoms with Crippen molar-refractivity contribution < 1.29 is 0 Å². The third kappa shape index (κ3) is 2.37. The van der Waals surface area contributed by atoms with Crippen LogP contribution in [0.15, 0.2) is 17.3 Å². The number of aromatic nitrogens is 2. The molecule has 0 fully saturated rings. The minimum atomic E-state index is 0.804. The van der Waals surface area contributed by atoms with Crippen LogP contribution in [0, 0.1) is 12.8 Å². The highest BCUT2D eigenvalue weighted by molar-refractivity contribution is 5.15. The molecule has 1 unspecified atom stereocenters. The Balaban J connectivity index is 2.01. The zero-order valence-electron chi connectivity index (χ0n) is 10.9. The van der Waals surface area contributed by atoms with Crippen LogP contribution in [-0.2, 0) is 13.5 Å². The Kier molecular flexibility index (Phi) is 3.17. The molecule has 0 aromatic carbocycles. The van der Waals surface area contributed by atoms with Crippen molar-refractivity contribution in [1.82, 2.24) is 9.55 Å². The molecule has 1 aliphatic rings. The number of nitrogens with zero attached hydrogens (tertiary/aromatic N) is 2. The molecule has 0 bridgehead atoms. The summed E-state index contributed by atoms with van der Waals surface area (Å²) in [7, 11) is 2.07. The lowest BCUT2D eigenvalue weighted by Crippen LogP contribution is -2.11. The van der Waals surface area contributed by atoms with Crippen LogP contribution in [0.4, 0.5) is 0 Å². The Bertz CT molecular complexity index is 393. The average Bonchev–Trinajstić information content (AvgIpc) is 2.52. The molecule has 2 rings (SSSR count). The molecule has 1 heterocycles. The Morgan fingerprint density at radius 1 is 1.31 bits per heavy atom. The second kappa shape index (κ2) is 4.44. The van der Waals surface area contributed by atoms with Crippen molar-refractivity contribution in [3.05, 3.63) is 28.9 Å². The number of imidazole rings is 1. The van der Waals surface area contributed by atoms with E-state index < -0.39 is 0 Å². The van der Waals surface area contributed by atoms with Gasteiger partial charge in [-0.1, -0.05) is 11.1 Å². The predicted octanol–water partition coefficient (Wildman–Crippen LogP) is 3.41. The molecule has 0 N–H and O–H groups in total. The van der Waals surface area contributed by atoms with Crippen LogP contribution in [0.25, 0.3) is 0 Å². The monoisotopic (exact) mass is 218 g/mol. The van der Waals surface area contributed by atoms with Gasteiger partial charge in [-0.25, -0.2) is 4.98 Å². The molecule has 0 amide bonds. The van der Waals surface area contributed by atoms with E-state index in [9.17, 15) is 0 Å². The molecule has 2 nitrogen and oxygen atoms in total. The first-order valence-electron chi connectivity index (χ1n) is 6.20. The van der Waals surface area contributed by atoms with Gasteiger partial charge in [-0.15, -0.1) is 0 Å². The van der Waals surface area contributed by atoms with Crippen molar-refractivity contribution in [3.63, 3.8) is 0 Å². The maximum absolute atomic E-state index is 4.60. The summed E-state index contributed by atoms with van der Waals surface area (Å²) in [5.74, 6) is 1.92. The number of hydrogen-bond acceptors (Lipinski definition) is 1. The van der Waals surface area contributed by atoms with Gasteiger partial charge < -0.3 is 4.57 Å². The molecular weight excluding hydrogens is 196 g/mol. The van der Waals surface area contributed by atoms with Crippen molar-refractivity contribution >= 4 is 0 Å². The quantitative estimate of drug-likeness (QED) is 0.696. The van der Waals surface area contributed by atoms with E-state index in [1.807, 2.05) is 0 Å². The lowest BCUT2D eigenvalue weighted by Gasteiger charge is -2.23. The molecule has 1 aromatic heterocycles. The molecule has 0 spiro atoms. The summed E-state index contributed by atoms with van der Waals surface area (Å²) in [6.45, 7) is 6.63. The van der Waals surface area contributed by atoms with Crippen molar-refractivity contribution in [2.75, 3.05) is 0 Å². The van der Waals surface area contributed by atoms with Gasteiger partial charge in [0.05, 0.1) is 5.69 Å². The van der Waals surface area contributed by atoms with E-state index in [1.54, 1.807) is 11.1 Å². The van der Waals surface area contributed by atoms with Crippen molar-refractivity contribution in [1.29, 1.82) is 0 Å². The van der Waals surface area contributed by atoms with Gasteiger partial charge in [-0.3, -0.25) is 0 Å². The highest BCUT2D eigenvalue weighted by Crippen LogP contribution is 2.30. The molecule has 1 atom stereocenters. The summed E-state index contributed by atoms with van der Waals surface area (Å²) in [5.41, 5.74) is 4.47. The maximum atomic E-state index is 4.60. The van der Waals surface area contributed by atoms with Crippen LogP contribution in [0.5, 0.6) is 0 Å². The van der Waals surface area contributed by atoms with E-state index >= 15 is 0 Å². The second-order valence-electron chi connectivity index (χ2n) is 5.26. The molecule has 0 radical (unpaired) electrons. The third-order valence-corrected chi connectivity index (χ3v) is 3.91. The fourth-order valence-corrected chi connectivity index (χ4v) is 2.54. The van der Waals surface area contributed by atoms with Crippen LogP contribution in [0.1, 0.15) is 44.6 Å². The van der Waals surface area contributed by atoms with E-state index in [2.05, 4.69) is 43.6 Å². The largest absolute Gasteiger partial charge is 0.338 e. The number of hydrogen-bond donors (Lipinski definition) is 0. The van der Waals surface area contributed by atoms with Crippen LogP contribution < -0.4 is 0 Å². The standard InChI is InChI=1S/C14H22N2/c1-10-5-6-13(7-11(10)2)8-14-9-16(4)12(3)15-14/h9,13H,5-8H2,1-4H3. The molecule has 0 saturated carbocycles. The second-order valence-corrected chi connectivity index (χ2v) is 5.26. The summed E-state index contributed by atoms with van der Waals surface area (Å²) in [6.07, 6.45) is 7.20. The topological polar surface area (TPSA) is 17.8 Å². The summed E-state index contributed by atoms with van der Waals surface area (Å²) in [5, 5.41) is 0. The molecule has 0 saturated heterocycles. The van der Waals surface area contributed by atoms with E-state index in [1.165, 1.54) is 25.0 Å². The summed E-state index contributed by atoms with van der Waals surface area (Å²) in [4.78, 5) is 4.60. The number of allylic oxidation sites excluding steroid dienone is 2. The maximum Gasteiger partial charge on any atom is 0.105 e. The fourth-order valence-electron chi connectivity index (χ4n) is 2.54. The molecule has 2 heteroatoms. The first kappa shape index (κ1) is 11.4. The van der Waals surface area contributed by atoms with Gasteiger partial charge in [-0.2, -0.15) is 0 Å². The summed E-state index contributed by atoms with van der Waals surface area (Å²) < 4.78 is 2.12. The average molecular weight is 218 g/mol. The normalized spacial score (nSPS) is 21.6. The van der Waals surface area contributed by atoms with Crippen LogP contribution >= 0.6 is 0 Å². The van der Waals surface area contributed by atoms with Crippen molar-refractivity contribution in [2.24, 2.45) is 13.0 Å². The minimum Gasteiger partial charge on any atom is -0.338 e. The molecule has 1 aliphatic carbocycles. The fraction of sp³-hybridized carbons (Fsp3) is 0.643. The molecule has 0 aliphatic heterocycles. The minimum absolute atomic E-state index is 0.804. The number of rotatable bonds is 2. The molecule has 1 aromatic rings. The SMILES string of the molecule is CC1=C(C)CC(Cc2cn(C)c(C)n2)CC1. The van der Waals surface area contributed by atoms with E-state index in [-0.39, 0.29) is 0 Å². The van der Waals surface area contributed by atoms with Gasteiger partial charge in [0, 0.05) is 13.2 Å². The van der Waals surface area contributed by atoms with Crippen molar-refractivity contribution in [3.8, 4) is 0 Å². The zero-order valence-corrected chi connectivity index (χ0v) is 10.9. The van der Waals surface area contributed by atoms with Gasteiger partial charge in [0.1, 0.15) is 5.82 Å². The summed E-state index contributed by atoms with van der Waals surface area (Å²) >= 11 is 0.